The first-order chi connectivity index (χ1) is 11.2. The zero-order chi connectivity index (χ0) is 16.1. The van der Waals surface area contributed by atoms with Gasteiger partial charge in [0.25, 0.3) is 0 Å². The van der Waals surface area contributed by atoms with Crippen LogP contribution in [0.5, 0.6) is 5.75 Å². The van der Waals surface area contributed by atoms with E-state index in [4.69, 9.17) is 10.5 Å². The summed E-state index contributed by atoms with van der Waals surface area (Å²) in [6.07, 6.45) is 1.60. The molecule has 0 saturated carbocycles. The molecule has 0 amide bonds. The highest BCUT2D eigenvalue weighted by Gasteiger charge is 2.06. The van der Waals surface area contributed by atoms with Crippen molar-refractivity contribution < 1.29 is 9.13 Å². The number of benzene rings is 2. The van der Waals surface area contributed by atoms with Gasteiger partial charge in [0, 0.05) is 23.1 Å². The Morgan fingerprint density at radius 1 is 1.13 bits per heavy atom. The Bertz CT molecular complexity index is 788. The Morgan fingerprint density at radius 3 is 2.83 bits per heavy atom. The SMILES string of the molecule is Nc1cccc(-c2csc(CCCOc3ccccc3F)n2)c1. The number of thiazole rings is 1. The van der Waals surface area contributed by atoms with Gasteiger partial charge in [-0.25, -0.2) is 9.37 Å². The summed E-state index contributed by atoms with van der Waals surface area (Å²) >= 11 is 1.62. The lowest BCUT2D eigenvalue weighted by Gasteiger charge is -2.05. The molecule has 0 fully saturated rings. The average molecular weight is 328 g/mol. The number of nitrogen functional groups attached to an aromatic ring is 1. The minimum Gasteiger partial charge on any atom is -0.491 e. The van der Waals surface area contributed by atoms with Crippen molar-refractivity contribution in [2.75, 3.05) is 12.3 Å². The largest absolute Gasteiger partial charge is 0.491 e. The van der Waals surface area contributed by atoms with E-state index >= 15 is 0 Å². The molecule has 0 bridgehead atoms. The van der Waals surface area contributed by atoms with Crippen LogP contribution in [0.4, 0.5) is 10.1 Å². The molecule has 0 saturated heterocycles. The molecule has 0 unspecified atom stereocenters. The van der Waals surface area contributed by atoms with Gasteiger partial charge < -0.3 is 10.5 Å². The molecule has 0 atom stereocenters. The van der Waals surface area contributed by atoms with Gasteiger partial charge in [-0.1, -0.05) is 24.3 Å². The Balaban J connectivity index is 1.53. The van der Waals surface area contributed by atoms with Gasteiger partial charge in [0.2, 0.25) is 0 Å². The van der Waals surface area contributed by atoms with E-state index in [1.165, 1.54) is 6.07 Å². The minimum absolute atomic E-state index is 0.298. The van der Waals surface area contributed by atoms with Gasteiger partial charge in [-0.15, -0.1) is 11.3 Å². The highest BCUT2D eigenvalue weighted by molar-refractivity contribution is 7.09. The molecule has 1 aromatic heterocycles. The average Bonchev–Trinajstić information content (AvgIpc) is 3.02. The van der Waals surface area contributed by atoms with Gasteiger partial charge in [-0.3, -0.25) is 0 Å². The Labute approximate surface area is 138 Å². The van der Waals surface area contributed by atoms with Gasteiger partial charge >= 0.3 is 0 Å². The molecule has 2 aromatic carbocycles. The van der Waals surface area contributed by atoms with Crippen LogP contribution in [-0.4, -0.2) is 11.6 Å². The number of rotatable bonds is 6. The number of aromatic nitrogens is 1. The first-order valence-corrected chi connectivity index (χ1v) is 8.28. The molecule has 3 rings (SSSR count). The second kappa shape index (κ2) is 7.24. The third-order valence-electron chi connectivity index (χ3n) is 3.36. The van der Waals surface area contributed by atoms with E-state index in [0.717, 1.165) is 34.8 Å². The maximum Gasteiger partial charge on any atom is 0.165 e. The summed E-state index contributed by atoms with van der Waals surface area (Å²) in [5, 5.41) is 3.07. The zero-order valence-electron chi connectivity index (χ0n) is 12.5. The second-order valence-electron chi connectivity index (χ2n) is 5.13. The standard InChI is InChI=1S/C18H17FN2OS/c19-15-7-1-2-8-17(15)22-10-4-9-18-21-16(12-23-18)13-5-3-6-14(20)11-13/h1-3,5-8,11-12H,4,9-10,20H2. The molecule has 0 radical (unpaired) electrons. The number of hydrogen-bond donors (Lipinski definition) is 1. The van der Waals surface area contributed by atoms with E-state index in [0.29, 0.717) is 12.4 Å². The van der Waals surface area contributed by atoms with Gasteiger partial charge in [-0.05, 0) is 30.7 Å². The lowest BCUT2D eigenvalue weighted by atomic mass is 10.1. The van der Waals surface area contributed by atoms with Crippen LogP contribution in [0.2, 0.25) is 0 Å². The predicted octanol–water partition coefficient (Wildman–Crippen LogP) is 4.54. The number of hydrogen-bond acceptors (Lipinski definition) is 4. The Hall–Kier alpha value is -2.40. The summed E-state index contributed by atoms with van der Waals surface area (Å²) in [6, 6.07) is 14.1. The van der Waals surface area contributed by atoms with Crippen molar-refractivity contribution in [2.24, 2.45) is 0 Å². The molecule has 5 heteroatoms. The summed E-state index contributed by atoms with van der Waals surface area (Å²) in [5.41, 5.74) is 8.49. The highest BCUT2D eigenvalue weighted by Crippen LogP contribution is 2.24. The maximum atomic E-state index is 13.4. The van der Waals surface area contributed by atoms with Crippen LogP contribution in [0, 0.1) is 5.82 Å². The van der Waals surface area contributed by atoms with Crippen LogP contribution in [0.25, 0.3) is 11.3 Å². The minimum atomic E-state index is -0.328. The third-order valence-corrected chi connectivity index (χ3v) is 4.27. The molecule has 3 nitrogen and oxygen atoms in total. The number of nitrogens with two attached hydrogens (primary N) is 1. The zero-order valence-corrected chi connectivity index (χ0v) is 13.4. The van der Waals surface area contributed by atoms with Crippen LogP contribution in [-0.2, 0) is 6.42 Å². The number of para-hydroxylation sites is 1. The van der Waals surface area contributed by atoms with Crippen molar-refractivity contribution in [1.82, 2.24) is 4.98 Å². The van der Waals surface area contributed by atoms with Crippen molar-refractivity contribution in [3.05, 3.63) is 64.7 Å². The van der Waals surface area contributed by atoms with E-state index in [-0.39, 0.29) is 5.82 Å². The normalized spacial score (nSPS) is 10.7. The fourth-order valence-electron chi connectivity index (χ4n) is 2.22. The van der Waals surface area contributed by atoms with E-state index in [1.807, 2.05) is 29.6 Å². The van der Waals surface area contributed by atoms with Crippen LogP contribution < -0.4 is 10.5 Å². The molecule has 0 aliphatic carbocycles. The molecule has 23 heavy (non-hydrogen) atoms. The van der Waals surface area contributed by atoms with Crippen molar-refractivity contribution in [3.63, 3.8) is 0 Å². The van der Waals surface area contributed by atoms with Crippen molar-refractivity contribution in [2.45, 2.75) is 12.8 Å². The number of anilines is 1. The lowest BCUT2D eigenvalue weighted by molar-refractivity contribution is 0.295. The van der Waals surface area contributed by atoms with E-state index < -0.39 is 0 Å². The Kier molecular flexibility index (Phi) is 4.88. The first-order valence-electron chi connectivity index (χ1n) is 7.40. The smallest absolute Gasteiger partial charge is 0.165 e. The van der Waals surface area contributed by atoms with Crippen molar-refractivity contribution >= 4 is 17.0 Å². The maximum absolute atomic E-state index is 13.4. The molecular formula is C18H17FN2OS. The molecular weight excluding hydrogens is 311 g/mol. The van der Waals surface area contributed by atoms with Gasteiger partial charge in [0.1, 0.15) is 0 Å². The molecule has 0 aliphatic heterocycles. The second-order valence-corrected chi connectivity index (χ2v) is 6.08. The van der Waals surface area contributed by atoms with Gasteiger partial charge in [0.15, 0.2) is 11.6 Å². The summed E-state index contributed by atoms with van der Waals surface area (Å²) in [5.74, 6) is -0.0298. The first kappa shape index (κ1) is 15.5. The molecule has 118 valence electrons. The quantitative estimate of drug-likeness (QED) is 0.534. The third kappa shape index (κ3) is 4.07. The molecule has 3 aromatic rings. The number of nitrogens with zero attached hydrogens (tertiary/aromatic N) is 1. The van der Waals surface area contributed by atoms with E-state index in [9.17, 15) is 4.39 Å². The molecule has 2 N–H and O–H groups in total. The highest BCUT2D eigenvalue weighted by atomic mass is 32.1. The van der Waals surface area contributed by atoms with E-state index in [1.54, 1.807) is 29.5 Å². The van der Waals surface area contributed by atoms with Gasteiger partial charge in [-0.2, -0.15) is 0 Å². The van der Waals surface area contributed by atoms with Crippen LogP contribution in [0.15, 0.2) is 53.9 Å². The van der Waals surface area contributed by atoms with Gasteiger partial charge in [0.05, 0.1) is 17.3 Å². The number of aryl methyl sites for hydroxylation is 1. The summed E-state index contributed by atoms with van der Waals surface area (Å²) in [4.78, 5) is 4.62. The lowest BCUT2D eigenvalue weighted by Crippen LogP contribution is -2.00. The fourth-order valence-corrected chi connectivity index (χ4v) is 3.07. The van der Waals surface area contributed by atoms with Crippen LogP contribution in [0.1, 0.15) is 11.4 Å². The summed E-state index contributed by atoms with van der Waals surface area (Å²) in [7, 11) is 0. The predicted molar refractivity (Wildman–Crippen MR) is 92.2 cm³/mol. The topological polar surface area (TPSA) is 48.1 Å². The van der Waals surface area contributed by atoms with Crippen molar-refractivity contribution in [3.8, 4) is 17.0 Å². The van der Waals surface area contributed by atoms with Crippen molar-refractivity contribution in [1.29, 1.82) is 0 Å². The molecule has 0 spiro atoms. The number of halogens is 1. The van der Waals surface area contributed by atoms with E-state index in [2.05, 4.69) is 4.98 Å². The number of ether oxygens (including phenoxy) is 1. The summed E-state index contributed by atoms with van der Waals surface area (Å²) in [6.45, 7) is 0.466. The van der Waals surface area contributed by atoms with Crippen LogP contribution in [0.3, 0.4) is 0 Å². The molecule has 0 aliphatic rings. The van der Waals surface area contributed by atoms with Crippen LogP contribution >= 0.6 is 11.3 Å². The monoisotopic (exact) mass is 328 g/mol. The fraction of sp³-hybridized carbons (Fsp3) is 0.167. The molecule has 1 heterocycles. The summed E-state index contributed by atoms with van der Waals surface area (Å²) < 4.78 is 18.9. The Morgan fingerprint density at radius 2 is 2.00 bits per heavy atom.